The molecule has 2 aliphatic rings. The lowest BCUT2D eigenvalue weighted by Gasteiger charge is -2.19. The summed E-state index contributed by atoms with van der Waals surface area (Å²) in [6, 6.07) is 21.3. The van der Waals surface area contributed by atoms with Crippen molar-refractivity contribution in [2.24, 2.45) is 0 Å². The Morgan fingerprint density at radius 1 is 0.938 bits per heavy atom. The topological polar surface area (TPSA) is 78.9 Å². The molecule has 1 aliphatic carbocycles. The maximum Gasteiger partial charge on any atom is 0.411 e. The molecule has 1 aliphatic heterocycles. The Kier molecular flexibility index (Phi) is 5.27. The van der Waals surface area contributed by atoms with Crippen molar-refractivity contribution in [2.45, 2.75) is 18.8 Å². The molecule has 0 atom stereocenters. The predicted molar refractivity (Wildman–Crippen MR) is 124 cm³/mol. The van der Waals surface area contributed by atoms with Crippen LogP contribution in [0.1, 0.15) is 40.2 Å². The molecule has 1 saturated heterocycles. The van der Waals surface area contributed by atoms with Crippen LogP contribution in [0.15, 0.2) is 66.7 Å². The maximum absolute atomic E-state index is 12.6. The number of ether oxygens (including phenoxy) is 1. The number of amides is 1. The van der Waals surface area contributed by atoms with Crippen LogP contribution in [0.3, 0.4) is 0 Å². The second kappa shape index (κ2) is 8.38. The molecule has 1 heterocycles. The number of nitrogens with zero attached hydrogens (tertiary/aromatic N) is 1. The predicted octanol–water partition coefficient (Wildman–Crippen LogP) is 5.35. The third-order valence-corrected chi connectivity index (χ3v) is 6.29. The van der Waals surface area contributed by atoms with Crippen LogP contribution in [0.2, 0.25) is 0 Å². The molecule has 162 valence electrons. The zero-order chi connectivity index (χ0) is 22.1. The summed E-state index contributed by atoms with van der Waals surface area (Å²) in [7, 11) is 0. The monoisotopic (exact) mass is 428 g/mol. The quantitative estimate of drug-likeness (QED) is 0.573. The highest BCUT2D eigenvalue weighted by atomic mass is 16.5. The summed E-state index contributed by atoms with van der Waals surface area (Å²) >= 11 is 0. The summed E-state index contributed by atoms with van der Waals surface area (Å²) in [5, 5.41) is 12.3. The van der Waals surface area contributed by atoms with E-state index in [1.165, 1.54) is 0 Å². The van der Waals surface area contributed by atoms with Crippen molar-refractivity contribution in [3.05, 3.63) is 83.4 Å². The van der Waals surface area contributed by atoms with Crippen LogP contribution in [0, 0.1) is 0 Å². The third-order valence-electron chi connectivity index (χ3n) is 6.29. The zero-order valence-corrected chi connectivity index (χ0v) is 17.6. The van der Waals surface area contributed by atoms with E-state index in [2.05, 4.69) is 34.5 Å². The number of aromatic carboxylic acids is 1. The Balaban J connectivity index is 1.31. The van der Waals surface area contributed by atoms with E-state index >= 15 is 0 Å². The van der Waals surface area contributed by atoms with Crippen LogP contribution in [-0.4, -0.2) is 36.9 Å². The van der Waals surface area contributed by atoms with E-state index in [9.17, 15) is 14.7 Å². The summed E-state index contributed by atoms with van der Waals surface area (Å²) < 4.78 is 5.55. The van der Waals surface area contributed by atoms with Gasteiger partial charge in [-0.3, -0.25) is 5.32 Å². The molecule has 1 amide bonds. The van der Waals surface area contributed by atoms with E-state index in [0.717, 1.165) is 53.9 Å². The van der Waals surface area contributed by atoms with Crippen LogP contribution in [0.5, 0.6) is 0 Å². The van der Waals surface area contributed by atoms with Gasteiger partial charge in [-0.25, -0.2) is 9.59 Å². The van der Waals surface area contributed by atoms with Gasteiger partial charge in [0.2, 0.25) is 0 Å². The Bertz CT molecular complexity index is 1140. The van der Waals surface area contributed by atoms with Gasteiger partial charge >= 0.3 is 12.1 Å². The van der Waals surface area contributed by atoms with Crippen molar-refractivity contribution in [1.82, 2.24) is 0 Å². The first-order valence-corrected chi connectivity index (χ1v) is 10.9. The largest absolute Gasteiger partial charge is 0.478 e. The number of rotatable bonds is 5. The van der Waals surface area contributed by atoms with E-state index in [-0.39, 0.29) is 23.8 Å². The Labute approximate surface area is 186 Å². The van der Waals surface area contributed by atoms with Crippen LogP contribution in [0.4, 0.5) is 16.2 Å². The van der Waals surface area contributed by atoms with Gasteiger partial charge < -0.3 is 14.7 Å². The Morgan fingerprint density at radius 2 is 1.56 bits per heavy atom. The minimum absolute atomic E-state index is 0.0513. The van der Waals surface area contributed by atoms with E-state index in [4.69, 9.17) is 4.74 Å². The van der Waals surface area contributed by atoms with Gasteiger partial charge in [-0.2, -0.15) is 0 Å². The molecular formula is C26H24N2O4. The van der Waals surface area contributed by atoms with Gasteiger partial charge in [0, 0.05) is 24.7 Å². The fourth-order valence-electron chi connectivity index (χ4n) is 4.73. The lowest BCUT2D eigenvalue weighted by molar-refractivity contribution is 0.0698. The van der Waals surface area contributed by atoms with E-state index in [0.29, 0.717) is 0 Å². The molecule has 3 aromatic rings. The fraction of sp³-hybridized carbons (Fsp3) is 0.231. The molecule has 6 heteroatoms. The van der Waals surface area contributed by atoms with E-state index in [1.54, 1.807) is 12.1 Å². The standard InChI is InChI=1S/C26H24N2O4/c29-25(30)22-15-17(28-13-5-6-14-28)11-12-24(22)27-26(31)32-16-23-20-9-3-1-7-18(20)19-8-2-4-10-21(19)23/h1-4,7-12,15,23H,5-6,13-14,16H2,(H,27,31)(H,29,30). The van der Waals surface area contributed by atoms with Crippen LogP contribution < -0.4 is 10.2 Å². The summed E-state index contributed by atoms with van der Waals surface area (Å²) in [6.45, 7) is 2.00. The first-order chi connectivity index (χ1) is 15.6. The lowest BCUT2D eigenvalue weighted by atomic mass is 9.98. The molecule has 1 fully saturated rings. The van der Waals surface area contributed by atoms with Gasteiger partial charge in [-0.1, -0.05) is 48.5 Å². The van der Waals surface area contributed by atoms with E-state index < -0.39 is 12.1 Å². The van der Waals surface area contributed by atoms with E-state index in [1.807, 2.05) is 30.3 Å². The molecule has 0 radical (unpaired) electrons. The van der Waals surface area contributed by atoms with Gasteiger partial charge in [0.05, 0.1) is 11.3 Å². The van der Waals surface area contributed by atoms with Crippen LogP contribution in [0.25, 0.3) is 11.1 Å². The first-order valence-electron chi connectivity index (χ1n) is 10.9. The molecule has 0 bridgehead atoms. The summed E-state index contributed by atoms with van der Waals surface area (Å²) in [4.78, 5) is 26.5. The van der Waals surface area contributed by atoms with Gasteiger partial charge in [0.1, 0.15) is 6.61 Å². The van der Waals surface area contributed by atoms with Crippen molar-refractivity contribution in [3.63, 3.8) is 0 Å². The number of carboxylic acids is 1. The molecule has 6 nitrogen and oxygen atoms in total. The normalized spacial score (nSPS) is 14.7. The molecule has 5 rings (SSSR count). The highest BCUT2D eigenvalue weighted by molar-refractivity contribution is 5.99. The number of carboxylic acid groups (broad SMARTS) is 1. The summed E-state index contributed by atoms with van der Waals surface area (Å²) in [5.41, 5.74) is 5.72. The van der Waals surface area contributed by atoms with Crippen LogP contribution in [-0.2, 0) is 4.74 Å². The summed E-state index contributed by atoms with van der Waals surface area (Å²) in [5.74, 6) is -1.13. The number of hydrogen-bond acceptors (Lipinski definition) is 4. The molecule has 0 aromatic heterocycles. The first kappa shape index (κ1) is 20.1. The van der Waals surface area contributed by atoms with Gasteiger partial charge in [0.15, 0.2) is 0 Å². The molecule has 0 spiro atoms. The van der Waals surface area contributed by atoms with Crippen molar-refractivity contribution in [2.75, 3.05) is 29.9 Å². The van der Waals surface area contributed by atoms with Crippen LogP contribution >= 0.6 is 0 Å². The van der Waals surface area contributed by atoms with Gasteiger partial charge in [-0.05, 0) is 53.3 Å². The van der Waals surface area contributed by atoms with Gasteiger partial charge in [-0.15, -0.1) is 0 Å². The average Bonchev–Trinajstić information content (AvgIpc) is 3.45. The third kappa shape index (κ3) is 3.68. The number of carbonyl (C=O) groups is 2. The smallest absolute Gasteiger partial charge is 0.411 e. The number of nitrogens with one attached hydrogen (secondary N) is 1. The number of anilines is 2. The van der Waals surface area contributed by atoms with Crippen molar-refractivity contribution >= 4 is 23.4 Å². The second-order valence-electron chi connectivity index (χ2n) is 8.18. The lowest BCUT2D eigenvalue weighted by Crippen LogP contribution is -2.21. The molecule has 0 unspecified atom stereocenters. The second-order valence-corrected chi connectivity index (χ2v) is 8.18. The Hall–Kier alpha value is -3.80. The highest BCUT2D eigenvalue weighted by Crippen LogP contribution is 2.44. The minimum atomic E-state index is -1.08. The highest BCUT2D eigenvalue weighted by Gasteiger charge is 2.29. The SMILES string of the molecule is O=C(Nc1ccc(N2CCCC2)cc1C(=O)O)OCC1c2ccccc2-c2ccccc21. The zero-order valence-electron chi connectivity index (χ0n) is 17.6. The fourth-order valence-corrected chi connectivity index (χ4v) is 4.73. The number of carbonyl (C=O) groups excluding carboxylic acids is 1. The molecule has 32 heavy (non-hydrogen) atoms. The van der Waals surface area contributed by atoms with Crippen molar-refractivity contribution < 1.29 is 19.4 Å². The number of hydrogen-bond donors (Lipinski definition) is 2. The molecular weight excluding hydrogens is 404 g/mol. The number of benzene rings is 3. The minimum Gasteiger partial charge on any atom is -0.478 e. The summed E-state index contributed by atoms with van der Waals surface area (Å²) in [6.07, 6.45) is 1.54. The Morgan fingerprint density at radius 3 is 2.19 bits per heavy atom. The maximum atomic E-state index is 12.6. The van der Waals surface area contributed by atoms with Gasteiger partial charge in [0.25, 0.3) is 0 Å². The molecule has 3 aromatic carbocycles. The number of fused-ring (bicyclic) bond motifs is 3. The van der Waals surface area contributed by atoms with Crippen molar-refractivity contribution in [1.29, 1.82) is 0 Å². The molecule has 0 saturated carbocycles. The average molecular weight is 428 g/mol. The molecule has 2 N–H and O–H groups in total. The van der Waals surface area contributed by atoms with Crippen molar-refractivity contribution in [3.8, 4) is 11.1 Å².